The molecule has 0 amide bonds. The van der Waals surface area contributed by atoms with E-state index in [9.17, 15) is 13.6 Å². The van der Waals surface area contributed by atoms with Crippen molar-refractivity contribution in [1.29, 1.82) is 0 Å². The number of aliphatic hydroxyl groups excluding tert-OH is 1. The smallest absolute Gasteiger partial charge is 0.278 e. The van der Waals surface area contributed by atoms with Crippen LogP contribution < -0.4 is 5.43 Å². The first-order valence-corrected chi connectivity index (χ1v) is 4.16. The minimum atomic E-state index is -2.80. The summed E-state index contributed by atoms with van der Waals surface area (Å²) in [6.45, 7) is -0.692. The Morgan fingerprint density at radius 2 is 2.23 bits per heavy atom. The Balaban J connectivity index is 3.38. The van der Waals surface area contributed by atoms with E-state index in [0.717, 1.165) is 6.07 Å². The predicted molar refractivity (Wildman–Crippen MR) is 45.6 cm³/mol. The van der Waals surface area contributed by atoms with Crippen LogP contribution in [0.25, 0.3) is 0 Å². The molecule has 0 saturated heterocycles. The summed E-state index contributed by atoms with van der Waals surface area (Å²) in [4.78, 5) is 13.3. The highest BCUT2D eigenvalue weighted by Gasteiger charge is 2.16. The molecule has 13 heavy (non-hydrogen) atoms. The highest BCUT2D eigenvalue weighted by Crippen LogP contribution is 2.20. The molecule has 72 valence electrons. The lowest BCUT2D eigenvalue weighted by Gasteiger charge is -2.05. The molecule has 0 radical (unpaired) electrons. The molecule has 0 aromatic carbocycles. The molecule has 0 bridgehead atoms. The van der Waals surface area contributed by atoms with Crippen molar-refractivity contribution in [3.05, 3.63) is 32.2 Å². The fourth-order valence-electron chi connectivity index (χ4n) is 0.924. The first-order chi connectivity index (χ1) is 6.06. The van der Waals surface area contributed by atoms with E-state index < -0.39 is 24.2 Å². The third-order valence-electron chi connectivity index (χ3n) is 1.51. The topological polar surface area (TPSA) is 53.1 Å². The maximum absolute atomic E-state index is 12.3. The molecule has 1 heterocycles. The Labute approximate surface area is 80.5 Å². The maximum atomic E-state index is 12.3. The number of alkyl halides is 2. The van der Waals surface area contributed by atoms with Gasteiger partial charge in [0.2, 0.25) is 0 Å². The first kappa shape index (κ1) is 10.3. The second-order valence-electron chi connectivity index (χ2n) is 2.33. The van der Waals surface area contributed by atoms with E-state index in [1.54, 1.807) is 0 Å². The number of nitrogens with one attached hydrogen (secondary N) is 1. The summed E-state index contributed by atoms with van der Waals surface area (Å²) in [7, 11) is 0. The van der Waals surface area contributed by atoms with E-state index in [1.165, 1.54) is 0 Å². The molecule has 0 fully saturated rings. The van der Waals surface area contributed by atoms with Gasteiger partial charge in [0, 0.05) is 11.6 Å². The summed E-state index contributed by atoms with van der Waals surface area (Å²) in [5.74, 6) is 0. The van der Waals surface area contributed by atoms with Gasteiger partial charge in [-0.2, -0.15) is 0 Å². The van der Waals surface area contributed by atoms with Crippen LogP contribution in [0.1, 0.15) is 17.7 Å². The van der Waals surface area contributed by atoms with Crippen LogP contribution in [0.5, 0.6) is 0 Å². The van der Waals surface area contributed by atoms with Crippen LogP contribution in [0.4, 0.5) is 8.78 Å². The average molecular weight is 254 g/mol. The lowest BCUT2D eigenvalue weighted by atomic mass is 10.2. The number of aromatic amines is 1. The molecule has 0 unspecified atom stereocenters. The van der Waals surface area contributed by atoms with Crippen molar-refractivity contribution in [2.75, 3.05) is 0 Å². The lowest BCUT2D eigenvalue weighted by Crippen LogP contribution is -2.13. The van der Waals surface area contributed by atoms with E-state index in [2.05, 4.69) is 20.9 Å². The van der Waals surface area contributed by atoms with Crippen molar-refractivity contribution in [2.45, 2.75) is 13.0 Å². The Morgan fingerprint density at radius 1 is 1.62 bits per heavy atom. The van der Waals surface area contributed by atoms with Crippen molar-refractivity contribution in [3.8, 4) is 0 Å². The molecule has 0 aliphatic carbocycles. The molecule has 0 saturated carbocycles. The fraction of sp³-hybridized carbons (Fsp3) is 0.286. The van der Waals surface area contributed by atoms with Crippen molar-refractivity contribution >= 4 is 15.9 Å². The number of hydrogen-bond donors (Lipinski definition) is 2. The van der Waals surface area contributed by atoms with Gasteiger partial charge in [-0.15, -0.1) is 0 Å². The van der Waals surface area contributed by atoms with Crippen molar-refractivity contribution in [1.82, 2.24) is 4.98 Å². The van der Waals surface area contributed by atoms with Crippen LogP contribution >= 0.6 is 15.9 Å². The highest BCUT2D eigenvalue weighted by atomic mass is 79.9. The van der Waals surface area contributed by atoms with E-state index >= 15 is 0 Å². The molecular weight excluding hydrogens is 248 g/mol. The van der Waals surface area contributed by atoms with Gasteiger partial charge in [0.1, 0.15) is 0 Å². The number of hydrogen-bond acceptors (Lipinski definition) is 2. The van der Waals surface area contributed by atoms with Gasteiger partial charge in [0.25, 0.3) is 6.43 Å². The zero-order valence-corrected chi connectivity index (χ0v) is 7.94. The van der Waals surface area contributed by atoms with Crippen molar-refractivity contribution in [3.63, 3.8) is 0 Å². The van der Waals surface area contributed by atoms with E-state index in [0.29, 0.717) is 0 Å². The Kier molecular flexibility index (Phi) is 3.16. The third kappa shape index (κ3) is 2.13. The van der Waals surface area contributed by atoms with Crippen LogP contribution in [-0.4, -0.2) is 10.1 Å². The van der Waals surface area contributed by atoms with Gasteiger partial charge in [0.05, 0.1) is 16.9 Å². The Bertz CT molecular complexity index is 364. The molecule has 0 aliphatic heterocycles. The molecule has 0 aliphatic rings. The van der Waals surface area contributed by atoms with Gasteiger partial charge in [-0.1, -0.05) is 0 Å². The third-order valence-corrected chi connectivity index (χ3v) is 1.94. The second-order valence-corrected chi connectivity index (χ2v) is 3.19. The molecule has 3 nitrogen and oxygen atoms in total. The molecule has 1 rings (SSSR count). The van der Waals surface area contributed by atoms with Gasteiger partial charge in [0.15, 0.2) is 5.43 Å². The maximum Gasteiger partial charge on any atom is 0.278 e. The van der Waals surface area contributed by atoms with Gasteiger partial charge < -0.3 is 10.1 Å². The second kappa shape index (κ2) is 3.97. The lowest BCUT2D eigenvalue weighted by molar-refractivity contribution is 0.141. The minimum Gasteiger partial charge on any atom is -0.391 e. The SMILES string of the molecule is O=c1cc(Br)[nH]c(C(F)F)c1CO. The van der Waals surface area contributed by atoms with Crippen molar-refractivity contribution < 1.29 is 13.9 Å². The predicted octanol–water partition coefficient (Wildman–Crippen LogP) is 1.57. The van der Waals surface area contributed by atoms with E-state index in [1.807, 2.05) is 0 Å². The van der Waals surface area contributed by atoms with Gasteiger partial charge in [-0.05, 0) is 15.9 Å². The Hall–Kier alpha value is -0.750. The summed E-state index contributed by atoms with van der Waals surface area (Å²) >= 11 is 2.87. The average Bonchev–Trinajstić information content (AvgIpc) is 2.02. The normalized spacial score (nSPS) is 10.8. The Morgan fingerprint density at radius 3 is 2.69 bits per heavy atom. The number of H-pyrrole nitrogens is 1. The standard InChI is InChI=1S/C7H6BrF2NO2/c8-5-1-4(13)3(2-12)6(11-5)7(9)10/h1,7,12H,2H2,(H,11,13). The van der Waals surface area contributed by atoms with Crippen LogP contribution in [0.15, 0.2) is 15.5 Å². The molecule has 1 aromatic heterocycles. The van der Waals surface area contributed by atoms with E-state index in [4.69, 9.17) is 5.11 Å². The van der Waals surface area contributed by atoms with Gasteiger partial charge in [-0.3, -0.25) is 4.79 Å². The summed E-state index contributed by atoms with van der Waals surface area (Å²) < 4.78 is 24.7. The number of aromatic nitrogens is 1. The van der Waals surface area contributed by atoms with Crippen LogP contribution in [0.3, 0.4) is 0 Å². The number of rotatable bonds is 2. The summed E-state index contributed by atoms with van der Waals surface area (Å²) in [6.07, 6.45) is -2.80. The monoisotopic (exact) mass is 253 g/mol. The number of pyridine rings is 1. The van der Waals surface area contributed by atoms with Crippen LogP contribution in [0, 0.1) is 0 Å². The molecule has 0 spiro atoms. The number of aliphatic hydroxyl groups is 1. The zero-order chi connectivity index (χ0) is 10.0. The van der Waals surface area contributed by atoms with Crippen molar-refractivity contribution in [2.24, 2.45) is 0 Å². The minimum absolute atomic E-state index is 0.171. The first-order valence-electron chi connectivity index (χ1n) is 3.37. The quantitative estimate of drug-likeness (QED) is 0.787. The number of halogens is 3. The summed E-state index contributed by atoms with van der Waals surface area (Å²) in [5, 5.41) is 8.67. The van der Waals surface area contributed by atoms with Crippen LogP contribution in [0.2, 0.25) is 0 Å². The molecule has 6 heteroatoms. The summed E-state index contributed by atoms with van der Waals surface area (Å²) in [5.41, 5.74) is -1.44. The van der Waals surface area contributed by atoms with E-state index in [-0.39, 0.29) is 10.2 Å². The molecular formula is C7H6BrF2NO2. The van der Waals surface area contributed by atoms with Gasteiger partial charge in [-0.25, -0.2) is 8.78 Å². The largest absolute Gasteiger partial charge is 0.391 e. The zero-order valence-electron chi connectivity index (χ0n) is 6.35. The fourth-order valence-corrected chi connectivity index (χ4v) is 1.35. The molecule has 1 aromatic rings. The summed E-state index contributed by atoms with van der Waals surface area (Å²) in [6, 6.07) is 1.09. The molecule has 0 atom stereocenters. The van der Waals surface area contributed by atoms with Gasteiger partial charge >= 0.3 is 0 Å². The highest BCUT2D eigenvalue weighted by molar-refractivity contribution is 9.10. The van der Waals surface area contributed by atoms with Crippen LogP contribution in [-0.2, 0) is 6.61 Å². The molecule has 2 N–H and O–H groups in total.